The molecule has 0 aromatic heterocycles. The first-order valence-corrected chi connectivity index (χ1v) is 12.7. The molecule has 10 heteroatoms. The van der Waals surface area contributed by atoms with Gasteiger partial charge in [0.1, 0.15) is 6.04 Å². The number of rotatable bonds is 7. The van der Waals surface area contributed by atoms with Crippen LogP contribution in [0.25, 0.3) is 0 Å². The molecular weight excluding hydrogens is 434 g/mol. The van der Waals surface area contributed by atoms with Gasteiger partial charge in [-0.2, -0.15) is 4.31 Å². The van der Waals surface area contributed by atoms with E-state index in [4.69, 9.17) is 9.47 Å². The van der Waals surface area contributed by atoms with Crippen molar-refractivity contribution < 1.29 is 27.5 Å². The highest BCUT2D eigenvalue weighted by molar-refractivity contribution is 7.89. The number of carbonyl (C=O) groups is 2. The molecule has 2 fully saturated rings. The molecule has 1 atom stereocenters. The van der Waals surface area contributed by atoms with Crippen molar-refractivity contribution in [1.82, 2.24) is 14.1 Å². The van der Waals surface area contributed by atoms with Gasteiger partial charge in [-0.15, -0.1) is 0 Å². The number of nitrogens with zero attached hydrogens (tertiary/aromatic N) is 3. The topological polar surface area (TPSA) is 96.5 Å². The summed E-state index contributed by atoms with van der Waals surface area (Å²) in [6.45, 7) is 3.79. The van der Waals surface area contributed by atoms with Crippen molar-refractivity contribution in [3.63, 3.8) is 0 Å². The van der Waals surface area contributed by atoms with E-state index in [1.54, 1.807) is 28.0 Å². The molecule has 0 radical (unpaired) electrons. The molecule has 32 heavy (non-hydrogen) atoms. The highest BCUT2D eigenvalue weighted by Gasteiger charge is 2.39. The lowest BCUT2D eigenvalue weighted by Crippen LogP contribution is -2.57. The van der Waals surface area contributed by atoms with Crippen LogP contribution in [0.15, 0.2) is 18.2 Å². The highest BCUT2D eigenvalue weighted by Crippen LogP contribution is 2.28. The molecule has 0 N–H and O–H groups in total. The number of hydrogen-bond donors (Lipinski definition) is 0. The molecule has 0 spiro atoms. The minimum Gasteiger partial charge on any atom is -0.493 e. The van der Waals surface area contributed by atoms with Crippen LogP contribution in [0.2, 0.25) is 0 Å². The van der Waals surface area contributed by atoms with Crippen molar-refractivity contribution in [1.29, 1.82) is 0 Å². The van der Waals surface area contributed by atoms with E-state index in [2.05, 4.69) is 0 Å². The van der Waals surface area contributed by atoms with Gasteiger partial charge in [-0.3, -0.25) is 9.59 Å². The number of hydrogen-bond acceptors (Lipinski definition) is 6. The first kappa shape index (κ1) is 24.3. The molecule has 0 aliphatic carbocycles. The van der Waals surface area contributed by atoms with Crippen LogP contribution in [0.5, 0.6) is 11.5 Å². The number of piperidine rings is 1. The molecule has 178 valence electrons. The maximum Gasteiger partial charge on any atom is 0.254 e. The van der Waals surface area contributed by atoms with Crippen LogP contribution in [0.4, 0.5) is 0 Å². The molecule has 0 bridgehead atoms. The van der Waals surface area contributed by atoms with Gasteiger partial charge in [-0.1, -0.05) is 13.3 Å². The Morgan fingerprint density at radius 1 is 0.969 bits per heavy atom. The second kappa shape index (κ2) is 10.5. The summed E-state index contributed by atoms with van der Waals surface area (Å²) < 4.78 is 37.2. The number of methoxy groups -OCH3 is 2. The van der Waals surface area contributed by atoms with Crippen LogP contribution in [0.1, 0.15) is 43.0 Å². The van der Waals surface area contributed by atoms with E-state index >= 15 is 0 Å². The van der Waals surface area contributed by atoms with Gasteiger partial charge in [0.25, 0.3) is 5.91 Å². The molecule has 1 unspecified atom stereocenters. The monoisotopic (exact) mass is 467 g/mol. The Labute approximate surface area is 190 Å². The largest absolute Gasteiger partial charge is 0.493 e. The quantitative estimate of drug-likeness (QED) is 0.604. The average Bonchev–Trinajstić information content (AvgIpc) is 2.82. The summed E-state index contributed by atoms with van der Waals surface area (Å²) in [7, 11) is -0.382. The zero-order chi connectivity index (χ0) is 23.3. The standard InChI is InChI=1S/C22H33N3O6S/c1-4-15-32(28,29)25-10-6-5-7-18(25)22(27)24-13-11-23(12-14-24)21(26)17-8-9-19(30-2)20(16-17)31-3/h8-9,16,18H,4-7,10-15H2,1-3H3. The number of piperazine rings is 1. The van der Waals surface area contributed by atoms with Gasteiger partial charge in [-0.05, 0) is 37.5 Å². The van der Waals surface area contributed by atoms with E-state index < -0.39 is 16.1 Å². The molecule has 2 amide bonds. The van der Waals surface area contributed by atoms with Crippen molar-refractivity contribution >= 4 is 21.8 Å². The third kappa shape index (κ3) is 5.17. The summed E-state index contributed by atoms with van der Waals surface area (Å²) >= 11 is 0. The Morgan fingerprint density at radius 3 is 2.25 bits per heavy atom. The van der Waals surface area contributed by atoms with E-state index in [-0.39, 0.29) is 17.6 Å². The van der Waals surface area contributed by atoms with Crippen LogP contribution in [-0.2, 0) is 14.8 Å². The van der Waals surface area contributed by atoms with Gasteiger partial charge in [0, 0.05) is 38.3 Å². The lowest BCUT2D eigenvalue weighted by Gasteiger charge is -2.40. The van der Waals surface area contributed by atoms with Gasteiger partial charge >= 0.3 is 0 Å². The van der Waals surface area contributed by atoms with Gasteiger partial charge in [0.2, 0.25) is 15.9 Å². The van der Waals surface area contributed by atoms with Crippen LogP contribution in [0.3, 0.4) is 0 Å². The Morgan fingerprint density at radius 2 is 1.62 bits per heavy atom. The summed E-state index contributed by atoms with van der Waals surface area (Å²) in [5.41, 5.74) is 0.492. The summed E-state index contributed by atoms with van der Waals surface area (Å²) in [6, 6.07) is 4.41. The number of sulfonamides is 1. The van der Waals surface area contributed by atoms with Crippen LogP contribution in [0, 0.1) is 0 Å². The fourth-order valence-electron chi connectivity index (χ4n) is 4.35. The molecule has 1 aromatic rings. The van der Waals surface area contributed by atoms with E-state index in [0.717, 1.165) is 12.8 Å². The van der Waals surface area contributed by atoms with Crippen molar-refractivity contribution in [3.05, 3.63) is 23.8 Å². The molecule has 2 aliphatic heterocycles. The average molecular weight is 468 g/mol. The highest BCUT2D eigenvalue weighted by atomic mass is 32.2. The second-order valence-electron chi connectivity index (χ2n) is 8.13. The third-order valence-electron chi connectivity index (χ3n) is 6.07. The maximum atomic E-state index is 13.2. The zero-order valence-electron chi connectivity index (χ0n) is 19.1. The molecular formula is C22H33N3O6S. The third-order valence-corrected chi connectivity index (χ3v) is 8.14. The van der Waals surface area contributed by atoms with Gasteiger partial charge in [0.05, 0.1) is 20.0 Å². The normalized spacial score (nSPS) is 20.2. The SMILES string of the molecule is CCCS(=O)(=O)N1CCCCC1C(=O)N1CCN(C(=O)c2ccc(OC)c(OC)c2)CC1. The number of benzene rings is 1. The number of amides is 2. The number of ether oxygens (including phenoxy) is 2. The Balaban J connectivity index is 1.64. The van der Waals surface area contributed by atoms with Crippen LogP contribution in [-0.4, -0.2) is 93.1 Å². The second-order valence-corrected chi connectivity index (χ2v) is 10.2. The Hall–Kier alpha value is -2.33. The first-order chi connectivity index (χ1) is 15.3. The fraction of sp³-hybridized carbons (Fsp3) is 0.636. The van der Waals surface area contributed by atoms with Crippen molar-refractivity contribution in [2.75, 3.05) is 52.7 Å². The molecule has 2 saturated heterocycles. The molecule has 1 aromatic carbocycles. The van der Waals surface area contributed by atoms with E-state index in [1.807, 2.05) is 6.92 Å². The minimum absolute atomic E-state index is 0.0599. The van der Waals surface area contributed by atoms with E-state index in [9.17, 15) is 18.0 Å². The fourth-order valence-corrected chi connectivity index (χ4v) is 6.09. The lowest BCUT2D eigenvalue weighted by molar-refractivity contribution is -0.137. The van der Waals surface area contributed by atoms with Crippen molar-refractivity contribution in [3.8, 4) is 11.5 Å². The van der Waals surface area contributed by atoms with E-state index in [0.29, 0.717) is 62.6 Å². The maximum absolute atomic E-state index is 13.2. The van der Waals surface area contributed by atoms with Gasteiger partial charge in [0.15, 0.2) is 11.5 Å². The summed E-state index contributed by atoms with van der Waals surface area (Å²) in [5.74, 6) is 0.808. The van der Waals surface area contributed by atoms with Gasteiger partial charge < -0.3 is 19.3 Å². The zero-order valence-corrected chi connectivity index (χ0v) is 19.9. The van der Waals surface area contributed by atoms with Gasteiger partial charge in [-0.25, -0.2) is 8.42 Å². The predicted molar refractivity (Wildman–Crippen MR) is 120 cm³/mol. The van der Waals surface area contributed by atoms with Crippen LogP contribution < -0.4 is 9.47 Å². The van der Waals surface area contributed by atoms with Crippen LogP contribution >= 0.6 is 0 Å². The van der Waals surface area contributed by atoms with Crippen molar-refractivity contribution in [2.45, 2.75) is 38.6 Å². The first-order valence-electron chi connectivity index (χ1n) is 11.1. The minimum atomic E-state index is -3.44. The summed E-state index contributed by atoms with van der Waals surface area (Å²) in [5, 5.41) is 0. The molecule has 2 heterocycles. The number of carbonyl (C=O) groups excluding carboxylic acids is 2. The molecule has 9 nitrogen and oxygen atoms in total. The summed E-state index contributed by atoms with van der Waals surface area (Å²) in [6.07, 6.45) is 2.69. The summed E-state index contributed by atoms with van der Waals surface area (Å²) in [4.78, 5) is 29.5. The Bertz CT molecular complexity index is 928. The molecule has 2 aliphatic rings. The smallest absolute Gasteiger partial charge is 0.254 e. The van der Waals surface area contributed by atoms with E-state index in [1.165, 1.54) is 18.5 Å². The van der Waals surface area contributed by atoms with Crippen molar-refractivity contribution in [2.24, 2.45) is 0 Å². The lowest BCUT2D eigenvalue weighted by atomic mass is 10.0. The predicted octanol–water partition coefficient (Wildman–Crippen LogP) is 1.58. The Kier molecular flexibility index (Phi) is 8.00. The molecule has 3 rings (SSSR count). The molecule has 0 saturated carbocycles.